The molecule has 0 aliphatic heterocycles. The van der Waals surface area contributed by atoms with Crippen LogP contribution in [0.1, 0.15) is 5.56 Å². The van der Waals surface area contributed by atoms with Crippen molar-refractivity contribution in [2.75, 3.05) is 0 Å². The number of hydrogen-bond donors (Lipinski definition) is 1. The van der Waals surface area contributed by atoms with Gasteiger partial charge in [0.05, 0.1) is 0 Å². The van der Waals surface area contributed by atoms with E-state index in [4.69, 9.17) is 5.11 Å². The fraction of sp³-hybridized carbons (Fsp3) is 0. The summed E-state index contributed by atoms with van der Waals surface area (Å²) in [6, 6.07) is 6.04. The lowest BCUT2D eigenvalue weighted by molar-refractivity contribution is -0.268. The van der Waals surface area contributed by atoms with Gasteiger partial charge in [-0.1, -0.05) is 24.3 Å². The number of rotatable bonds is 2. The predicted octanol–water partition coefficient (Wildman–Crippen LogP) is 0.858. The minimum atomic E-state index is -1.02. The van der Waals surface area contributed by atoms with E-state index in [2.05, 4.69) is 0 Å². The second kappa shape index (κ2) is 3.57. The molecular formula is C9H7O3-. The summed E-state index contributed by atoms with van der Waals surface area (Å²) < 4.78 is 0. The molecule has 0 radical (unpaired) electrons. The van der Waals surface area contributed by atoms with Crippen LogP contribution in [-0.4, -0.2) is 11.1 Å². The molecule has 62 valence electrons. The second-order valence-corrected chi connectivity index (χ2v) is 2.24. The lowest BCUT2D eigenvalue weighted by Gasteiger charge is -2.03. The molecule has 1 rings (SSSR count). The van der Waals surface area contributed by atoms with E-state index in [1.165, 1.54) is 18.2 Å². The molecule has 1 aromatic rings. The fourth-order valence-corrected chi connectivity index (χ4v) is 0.786. The van der Waals surface area contributed by atoms with Crippen LogP contribution in [0.25, 0.3) is 6.08 Å². The zero-order valence-electron chi connectivity index (χ0n) is 6.23. The van der Waals surface area contributed by atoms with Crippen molar-refractivity contribution in [3.05, 3.63) is 35.9 Å². The molecule has 0 unspecified atom stereocenters. The first-order chi connectivity index (χ1) is 5.68. The molecule has 0 aromatic heterocycles. The van der Waals surface area contributed by atoms with Gasteiger partial charge in [-0.3, -0.25) is 0 Å². The Bertz CT molecular complexity index is 315. The van der Waals surface area contributed by atoms with Gasteiger partial charge in [0.2, 0.25) is 0 Å². The molecule has 0 saturated heterocycles. The molecule has 0 bridgehead atoms. The Labute approximate surface area is 69.6 Å². The average Bonchev–Trinajstić information content (AvgIpc) is 2.01. The first kappa shape index (κ1) is 8.33. The summed E-state index contributed by atoms with van der Waals surface area (Å²) >= 11 is 0. The third kappa shape index (κ3) is 2.46. The van der Waals surface area contributed by atoms with Gasteiger partial charge in [-0.05, 0) is 11.6 Å². The molecule has 0 heterocycles. The van der Waals surface area contributed by atoms with Crippen LogP contribution in [0.3, 0.4) is 0 Å². The molecule has 0 atom stereocenters. The molecule has 12 heavy (non-hydrogen) atoms. The molecule has 3 heteroatoms. The van der Waals surface area contributed by atoms with Gasteiger partial charge in [-0.15, -0.1) is 5.75 Å². The molecule has 0 aliphatic carbocycles. The van der Waals surface area contributed by atoms with E-state index in [1.807, 2.05) is 0 Å². The molecular weight excluding hydrogens is 156 g/mol. The minimum Gasteiger partial charge on any atom is -0.872 e. The van der Waals surface area contributed by atoms with Crippen LogP contribution < -0.4 is 5.11 Å². The van der Waals surface area contributed by atoms with E-state index in [0.717, 1.165) is 6.08 Å². The third-order valence-corrected chi connectivity index (χ3v) is 1.28. The number of carboxylic acid groups (broad SMARTS) is 1. The molecule has 0 amide bonds. The molecule has 1 aromatic carbocycles. The smallest absolute Gasteiger partial charge is 0.328 e. The number of carboxylic acids is 1. The van der Waals surface area contributed by atoms with E-state index in [9.17, 15) is 9.90 Å². The van der Waals surface area contributed by atoms with Crippen molar-refractivity contribution in [3.63, 3.8) is 0 Å². The molecule has 0 saturated carbocycles. The first-order valence-electron chi connectivity index (χ1n) is 3.36. The fourth-order valence-electron chi connectivity index (χ4n) is 0.786. The Morgan fingerprint density at radius 2 is 2.25 bits per heavy atom. The minimum absolute atomic E-state index is 0.123. The lowest BCUT2D eigenvalue weighted by Crippen LogP contribution is -1.89. The van der Waals surface area contributed by atoms with Gasteiger partial charge in [0.25, 0.3) is 0 Å². The Hall–Kier alpha value is -1.77. The number of hydrogen-bond acceptors (Lipinski definition) is 2. The zero-order valence-corrected chi connectivity index (χ0v) is 6.23. The van der Waals surface area contributed by atoms with Gasteiger partial charge in [-0.25, -0.2) is 4.79 Å². The molecule has 1 N–H and O–H groups in total. The monoisotopic (exact) mass is 163 g/mol. The number of carbonyl (C=O) groups is 1. The highest BCUT2D eigenvalue weighted by Gasteiger charge is 1.87. The predicted molar refractivity (Wildman–Crippen MR) is 42.6 cm³/mol. The van der Waals surface area contributed by atoms with E-state index in [-0.39, 0.29) is 5.75 Å². The van der Waals surface area contributed by atoms with E-state index >= 15 is 0 Å². The summed E-state index contributed by atoms with van der Waals surface area (Å²) in [5, 5.41) is 19.0. The second-order valence-electron chi connectivity index (χ2n) is 2.24. The van der Waals surface area contributed by atoms with Crippen molar-refractivity contribution < 1.29 is 15.0 Å². The SMILES string of the molecule is O=C(O)/C=C/c1cccc([O-])c1. The highest BCUT2D eigenvalue weighted by Crippen LogP contribution is 2.08. The van der Waals surface area contributed by atoms with Gasteiger partial charge in [0, 0.05) is 6.08 Å². The Morgan fingerprint density at radius 3 is 2.83 bits per heavy atom. The molecule has 3 nitrogen and oxygen atoms in total. The van der Waals surface area contributed by atoms with E-state index < -0.39 is 5.97 Å². The maximum atomic E-state index is 10.8. The number of benzene rings is 1. The summed E-state index contributed by atoms with van der Waals surface area (Å²) in [5.74, 6) is -1.14. The van der Waals surface area contributed by atoms with Crippen molar-refractivity contribution in [2.24, 2.45) is 0 Å². The van der Waals surface area contributed by atoms with Crippen LogP contribution in [0.2, 0.25) is 0 Å². The molecule has 0 spiro atoms. The van der Waals surface area contributed by atoms with Gasteiger partial charge in [0.1, 0.15) is 0 Å². The van der Waals surface area contributed by atoms with Crippen molar-refractivity contribution in [2.45, 2.75) is 0 Å². The topological polar surface area (TPSA) is 60.4 Å². The van der Waals surface area contributed by atoms with Crippen LogP contribution in [0, 0.1) is 0 Å². The maximum absolute atomic E-state index is 10.8. The van der Waals surface area contributed by atoms with Crippen LogP contribution in [0.4, 0.5) is 0 Å². The third-order valence-electron chi connectivity index (χ3n) is 1.28. The average molecular weight is 163 g/mol. The Morgan fingerprint density at radius 1 is 1.50 bits per heavy atom. The highest BCUT2D eigenvalue weighted by molar-refractivity contribution is 5.85. The molecule has 0 fully saturated rings. The number of aliphatic carboxylic acids is 1. The van der Waals surface area contributed by atoms with Crippen LogP contribution in [-0.2, 0) is 4.79 Å². The van der Waals surface area contributed by atoms with Gasteiger partial charge in [-0.2, -0.15) is 0 Å². The van der Waals surface area contributed by atoms with Crippen molar-refractivity contribution >= 4 is 12.0 Å². The Balaban J connectivity index is 2.83. The zero-order chi connectivity index (χ0) is 8.97. The van der Waals surface area contributed by atoms with Crippen LogP contribution >= 0.6 is 0 Å². The van der Waals surface area contributed by atoms with Gasteiger partial charge in [0.15, 0.2) is 0 Å². The van der Waals surface area contributed by atoms with Crippen molar-refractivity contribution in [1.82, 2.24) is 0 Å². The summed E-state index contributed by atoms with van der Waals surface area (Å²) in [4.78, 5) is 10.1. The lowest BCUT2D eigenvalue weighted by atomic mass is 10.2. The summed E-state index contributed by atoms with van der Waals surface area (Å²) in [5.41, 5.74) is 0.602. The summed E-state index contributed by atoms with van der Waals surface area (Å²) in [6.07, 6.45) is 2.37. The Kier molecular flexibility index (Phi) is 2.48. The largest absolute Gasteiger partial charge is 0.872 e. The van der Waals surface area contributed by atoms with Crippen molar-refractivity contribution in [1.29, 1.82) is 0 Å². The van der Waals surface area contributed by atoms with E-state index in [0.29, 0.717) is 5.56 Å². The quantitative estimate of drug-likeness (QED) is 0.657. The summed E-state index contributed by atoms with van der Waals surface area (Å²) in [7, 11) is 0. The van der Waals surface area contributed by atoms with Crippen LogP contribution in [0.5, 0.6) is 5.75 Å². The first-order valence-corrected chi connectivity index (χ1v) is 3.36. The highest BCUT2D eigenvalue weighted by atomic mass is 16.4. The van der Waals surface area contributed by atoms with E-state index in [1.54, 1.807) is 12.1 Å². The summed E-state index contributed by atoms with van der Waals surface area (Å²) in [6.45, 7) is 0. The molecule has 0 aliphatic rings. The standard InChI is InChI=1S/C9H8O3/c10-8-3-1-2-7(6-8)4-5-9(11)12/h1-6,10H,(H,11,12)/p-1/b5-4+. The maximum Gasteiger partial charge on any atom is 0.328 e. The van der Waals surface area contributed by atoms with Gasteiger partial charge >= 0.3 is 5.97 Å². The van der Waals surface area contributed by atoms with Crippen LogP contribution in [0.15, 0.2) is 30.3 Å². The van der Waals surface area contributed by atoms with Gasteiger partial charge < -0.3 is 10.2 Å². The van der Waals surface area contributed by atoms with Crippen molar-refractivity contribution in [3.8, 4) is 5.75 Å². The normalized spacial score (nSPS) is 10.3.